The molecule has 0 N–H and O–H groups in total. The smallest absolute Gasteiger partial charge is 0.272 e. The van der Waals surface area contributed by atoms with Gasteiger partial charge >= 0.3 is 0 Å². The highest BCUT2D eigenvalue weighted by Gasteiger charge is 2.22. The lowest BCUT2D eigenvalue weighted by molar-refractivity contribution is 0.0690. The number of carbonyl (C=O) groups excluding carboxylic acids is 1. The van der Waals surface area contributed by atoms with Crippen LogP contribution >= 0.6 is 0 Å². The summed E-state index contributed by atoms with van der Waals surface area (Å²) >= 11 is 0. The molecule has 2 heterocycles. The largest absolute Gasteiger partial charge is 0.487 e. The first-order valence-corrected chi connectivity index (χ1v) is 8.98. The van der Waals surface area contributed by atoms with E-state index in [0.717, 1.165) is 42.9 Å². The van der Waals surface area contributed by atoms with Crippen molar-refractivity contribution in [1.29, 1.82) is 0 Å². The van der Waals surface area contributed by atoms with Gasteiger partial charge in [-0.25, -0.2) is 4.98 Å². The number of benzene rings is 1. The lowest BCUT2D eigenvalue weighted by atomic mass is 9.99. The molecule has 2 aromatic rings. The van der Waals surface area contributed by atoms with Crippen LogP contribution in [0, 0.1) is 19.8 Å². The number of aryl methyl sites for hydroxylation is 2. The van der Waals surface area contributed by atoms with Gasteiger partial charge in [0.2, 0.25) is 0 Å². The topological polar surface area (TPSA) is 42.4 Å². The Balaban J connectivity index is 1.66. The maximum atomic E-state index is 12.6. The molecule has 1 amide bonds. The molecule has 4 nitrogen and oxygen atoms in total. The summed E-state index contributed by atoms with van der Waals surface area (Å²) in [7, 11) is 0. The summed E-state index contributed by atoms with van der Waals surface area (Å²) in [5, 5.41) is 0. The molecule has 4 heteroatoms. The minimum Gasteiger partial charge on any atom is -0.487 e. The van der Waals surface area contributed by atoms with Crippen LogP contribution in [0.4, 0.5) is 0 Å². The fourth-order valence-electron chi connectivity index (χ4n) is 3.17. The van der Waals surface area contributed by atoms with Crippen LogP contribution in [0.3, 0.4) is 0 Å². The summed E-state index contributed by atoms with van der Waals surface area (Å²) in [6, 6.07) is 11.7. The number of likely N-dealkylation sites (tertiary alicyclic amines) is 1. The van der Waals surface area contributed by atoms with E-state index in [4.69, 9.17) is 4.74 Å². The number of hydrogen-bond acceptors (Lipinski definition) is 3. The van der Waals surface area contributed by atoms with Crippen molar-refractivity contribution in [2.24, 2.45) is 5.92 Å². The van der Waals surface area contributed by atoms with Gasteiger partial charge in [-0.05, 0) is 56.4 Å². The summed E-state index contributed by atoms with van der Waals surface area (Å²) in [4.78, 5) is 19.1. The van der Waals surface area contributed by atoms with Crippen LogP contribution in [-0.2, 0) is 6.61 Å². The number of ether oxygens (including phenoxy) is 1. The summed E-state index contributed by atoms with van der Waals surface area (Å²) in [5.74, 6) is 1.59. The molecular weight excluding hydrogens is 312 g/mol. The lowest BCUT2D eigenvalue weighted by Crippen LogP contribution is -2.38. The van der Waals surface area contributed by atoms with Gasteiger partial charge in [0.05, 0.1) is 5.69 Å². The molecule has 0 aliphatic carbocycles. The van der Waals surface area contributed by atoms with Gasteiger partial charge in [0.1, 0.15) is 18.1 Å². The van der Waals surface area contributed by atoms with Gasteiger partial charge in [-0.3, -0.25) is 4.79 Å². The van der Waals surface area contributed by atoms with Crippen LogP contribution in [0.15, 0.2) is 36.4 Å². The van der Waals surface area contributed by atoms with Gasteiger partial charge in [0, 0.05) is 13.1 Å². The second-order valence-corrected chi connectivity index (χ2v) is 7.05. The highest BCUT2D eigenvalue weighted by molar-refractivity contribution is 5.92. The van der Waals surface area contributed by atoms with Gasteiger partial charge in [0.25, 0.3) is 5.91 Å². The molecule has 1 aliphatic rings. The molecule has 1 fully saturated rings. The minimum absolute atomic E-state index is 0.0280. The van der Waals surface area contributed by atoms with E-state index >= 15 is 0 Å². The average Bonchev–Trinajstić information content (AvgIpc) is 2.61. The first-order chi connectivity index (χ1) is 12.0. The van der Waals surface area contributed by atoms with Crippen molar-refractivity contribution in [3.8, 4) is 5.75 Å². The molecule has 0 radical (unpaired) electrons. The first kappa shape index (κ1) is 17.5. The molecule has 0 atom stereocenters. The van der Waals surface area contributed by atoms with E-state index in [1.165, 1.54) is 5.56 Å². The number of nitrogens with zero attached hydrogens (tertiary/aromatic N) is 2. The lowest BCUT2D eigenvalue weighted by Gasteiger charge is -2.30. The van der Waals surface area contributed by atoms with Gasteiger partial charge in [-0.15, -0.1) is 0 Å². The van der Waals surface area contributed by atoms with E-state index in [9.17, 15) is 4.79 Å². The van der Waals surface area contributed by atoms with Crippen molar-refractivity contribution in [2.45, 2.75) is 40.2 Å². The second-order valence-electron chi connectivity index (χ2n) is 7.05. The predicted octanol–water partition coefficient (Wildman–Crippen LogP) is 4.15. The zero-order chi connectivity index (χ0) is 17.8. The fraction of sp³-hybridized carbons (Fsp3) is 0.429. The summed E-state index contributed by atoms with van der Waals surface area (Å²) < 4.78 is 5.88. The van der Waals surface area contributed by atoms with Crippen molar-refractivity contribution in [1.82, 2.24) is 9.88 Å². The highest BCUT2D eigenvalue weighted by Crippen LogP contribution is 2.20. The summed E-state index contributed by atoms with van der Waals surface area (Å²) in [6.45, 7) is 8.35. The monoisotopic (exact) mass is 338 g/mol. The number of aromatic nitrogens is 1. The molecule has 0 spiro atoms. The third kappa shape index (κ3) is 4.38. The normalized spacial score (nSPS) is 15.2. The second kappa shape index (κ2) is 7.68. The van der Waals surface area contributed by atoms with Crippen LogP contribution in [0.25, 0.3) is 0 Å². The third-order valence-electron chi connectivity index (χ3n) is 4.80. The summed E-state index contributed by atoms with van der Waals surface area (Å²) in [5.41, 5.74) is 3.61. The van der Waals surface area contributed by atoms with Crippen molar-refractivity contribution in [3.63, 3.8) is 0 Å². The Morgan fingerprint density at radius 1 is 1.20 bits per heavy atom. The highest BCUT2D eigenvalue weighted by atomic mass is 16.5. The van der Waals surface area contributed by atoms with Crippen LogP contribution in [-0.4, -0.2) is 28.9 Å². The maximum Gasteiger partial charge on any atom is 0.272 e. The molecule has 25 heavy (non-hydrogen) atoms. The molecular formula is C21H26N2O2. The fourth-order valence-corrected chi connectivity index (χ4v) is 3.17. The SMILES string of the molecule is Cc1ccc(OCc2cccc(C(=O)N3CCC(C)CC3)n2)c(C)c1. The van der Waals surface area contributed by atoms with Crippen LogP contribution < -0.4 is 4.74 Å². The van der Waals surface area contributed by atoms with Gasteiger partial charge in [0.15, 0.2) is 0 Å². The molecule has 1 aromatic carbocycles. The molecule has 1 aromatic heterocycles. The number of amides is 1. The Labute approximate surface area is 149 Å². The molecule has 1 aliphatic heterocycles. The van der Waals surface area contributed by atoms with Crippen molar-refractivity contribution in [2.75, 3.05) is 13.1 Å². The number of hydrogen-bond donors (Lipinski definition) is 0. The van der Waals surface area contributed by atoms with E-state index in [1.807, 2.05) is 36.1 Å². The molecule has 1 saturated heterocycles. The zero-order valence-electron chi connectivity index (χ0n) is 15.3. The quantitative estimate of drug-likeness (QED) is 0.841. The standard InChI is InChI=1S/C21H26N2O2/c1-15-9-11-23(12-10-15)21(24)19-6-4-5-18(22-19)14-25-20-8-7-16(2)13-17(20)3/h4-8,13,15H,9-12,14H2,1-3H3. The van der Waals surface area contributed by atoms with Crippen LogP contribution in [0.5, 0.6) is 5.75 Å². The average molecular weight is 338 g/mol. The van der Waals surface area contributed by atoms with E-state index < -0.39 is 0 Å². The Morgan fingerprint density at radius 2 is 1.96 bits per heavy atom. The van der Waals surface area contributed by atoms with Gasteiger partial charge < -0.3 is 9.64 Å². The predicted molar refractivity (Wildman–Crippen MR) is 98.8 cm³/mol. The van der Waals surface area contributed by atoms with Crippen LogP contribution in [0.1, 0.15) is 47.1 Å². The Morgan fingerprint density at radius 3 is 2.68 bits per heavy atom. The van der Waals surface area contributed by atoms with Gasteiger partial charge in [-0.1, -0.05) is 30.7 Å². The molecule has 0 unspecified atom stereocenters. The van der Waals surface area contributed by atoms with Crippen molar-refractivity contribution < 1.29 is 9.53 Å². The van der Waals surface area contributed by atoms with E-state index in [0.29, 0.717) is 18.2 Å². The number of carbonyl (C=O) groups is 1. The summed E-state index contributed by atoms with van der Waals surface area (Å²) in [6.07, 6.45) is 2.14. The van der Waals surface area contributed by atoms with Crippen LogP contribution in [0.2, 0.25) is 0 Å². The first-order valence-electron chi connectivity index (χ1n) is 8.98. The van der Waals surface area contributed by atoms with E-state index in [-0.39, 0.29) is 5.91 Å². The number of piperidine rings is 1. The Kier molecular flexibility index (Phi) is 5.37. The number of pyridine rings is 1. The van der Waals surface area contributed by atoms with E-state index in [2.05, 4.69) is 24.9 Å². The number of rotatable bonds is 4. The third-order valence-corrected chi connectivity index (χ3v) is 4.80. The maximum absolute atomic E-state index is 12.6. The molecule has 0 saturated carbocycles. The van der Waals surface area contributed by atoms with Gasteiger partial charge in [-0.2, -0.15) is 0 Å². The molecule has 132 valence electrons. The Bertz CT molecular complexity index is 749. The molecule has 0 bridgehead atoms. The van der Waals surface area contributed by atoms with Crippen molar-refractivity contribution >= 4 is 5.91 Å². The van der Waals surface area contributed by atoms with E-state index in [1.54, 1.807) is 6.07 Å². The minimum atomic E-state index is 0.0280. The molecule has 3 rings (SSSR count). The Hall–Kier alpha value is -2.36. The zero-order valence-corrected chi connectivity index (χ0v) is 15.3. The van der Waals surface area contributed by atoms with Crippen molar-refractivity contribution in [3.05, 3.63) is 58.9 Å².